The van der Waals surface area contributed by atoms with E-state index < -0.39 is 20.0 Å². The molecule has 9 heteroatoms. The van der Waals surface area contributed by atoms with Crippen LogP contribution in [0.25, 0.3) is 0 Å². The van der Waals surface area contributed by atoms with Gasteiger partial charge in [0.25, 0.3) is 0 Å². The second kappa shape index (κ2) is 5.30. The zero-order valence-corrected chi connectivity index (χ0v) is 11.4. The van der Waals surface area contributed by atoms with Crippen LogP contribution in [0.1, 0.15) is 12.8 Å². The van der Waals surface area contributed by atoms with Crippen molar-refractivity contribution in [2.24, 2.45) is 0 Å². The van der Waals surface area contributed by atoms with Gasteiger partial charge in [-0.15, -0.1) is 0 Å². The lowest BCUT2D eigenvalue weighted by atomic mass is 10.2. The normalized spacial score (nSPS) is 21.2. The third-order valence-corrected chi connectivity index (χ3v) is 5.48. The Kier molecular flexibility index (Phi) is 3.91. The Hall–Kier alpha value is -1.41. The molecule has 0 radical (unpaired) electrons. The summed E-state index contributed by atoms with van der Waals surface area (Å²) in [7, 11) is -3.09. The maximum Gasteiger partial charge on any atom is 0.311 e. The van der Waals surface area contributed by atoms with Crippen LogP contribution >= 0.6 is 11.6 Å². The zero-order valence-electron chi connectivity index (χ0n) is 9.87. The van der Waals surface area contributed by atoms with Gasteiger partial charge >= 0.3 is 5.69 Å². The highest BCUT2D eigenvalue weighted by molar-refractivity contribution is 7.92. The van der Waals surface area contributed by atoms with E-state index in [9.17, 15) is 18.5 Å². The van der Waals surface area contributed by atoms with Gasteiger partial charge in [0.05, 0.1) is 15.9 Å². The summed E-state index contributed by atoms with van der Waals surface area (Å²) in [6.45, 7) is 0.108. The van der Waals surface area contributed by atoms with Gasteiger partial charge in [-0.1, -0.05) is 11.6 Å². The lowest BCUT2D eigenvalue weighted by molar-refractivity contribution is -0.384. The summed E-state index contributed by atoms with van der Waals surface area (Å²) in [4.78, 5) is 14.1. The largest absolute Gasteiger partial charge is 0.363 e. The van der Waals surface area contributed by atoms with Gasteiger partial charge in [-0.05, 0) is 18.9 Å². The van der Waals surface area contributed by atoms with Crippen molar-refractivity contribution < 1.29 is 13.3 Å². The molecule has 1 aromatic rings. The highest BCUT2D eigenvalue weighted by Crippen LogP contribution is 2.26. The summed E-state index contributed by atoms with van der Waals surface area (Å²) in [6, 6.07) is 2.55. The fourth-order valence-electron chi connectivity index (χ4n) is 2.00. The number of nitrogens with one attached hydrogen (secondary N) is 1. The molecule has 7 nitrogen and oxygen atoms in total. The number of halogens is 1. The number of hydrogen-bond donors (Lipinski definition) is 1. The average Bonchev–Trinajstić information content (AvgIpc) is 2.65. The number of aromatic nitrogens is 1. The monoisotopic (exact) mass is 305 g/mol. The van der Waals surface area contributed by atoms with Crippen molar-refractivity contribution in [1.29, 1.82) is 0 Å². The Labute approximate surface area is 115 Å². The van der Waals surface area contributed by atoms with E-state index in [1.807, 2.05) is 0 Å². The Morgan fingerprint density at radius 1 is 1.53 bits per heavy atom. The predicted octanol–water partition coefficient (Wildman–Crippen LogP) is 1.63. The van der Waals surface area contributed by atoms with Gasteiger partial charge in [0.1, 0.15) is 5.15 Å². The molecule has 1 aliphatic rings. The second-order valence-corrected chi connectivity index (χ2v) is 7.06. The van der Waals surface area contributed by atoms with Crippen LogP contribution in [-0.4, -0.2) is 35.9 Å². The highest BCUT2D eigenvalue weighted by Gasteiger charge is 2.31. The van der Waals surface area contributed by atoms with Crippen LogP contribution in [0.15, 0.2) is 12.1 Å². The molecule has 0 aromatic carbocycles. The van der Waals surface area contributed by atoms with Crippen molar-refractivity contribution >= 4 is 32.9 Å². The minimum Gasteiger partial charge on any atom is -0.363 e. The summed E-state index contributed by atoms with van der Waals surface area (Å²) in [5.74, 6) is 0.171. The maximum atomic E-state index is 11.6. The second-order valence-electron chi connectivity index (χ2n) is 4.27. The molecule has 0 saturated carbocycles. The third-order valence-electron chi connectivity index (χ3n) is 3.00. The molecule has 2 heterocycles. The van der Waals surface area contributed by atoms with E-state index in [2.05, 4.69) is 10.3 Å². The Bertz CT molecular complexity index is 605. The minimum absolute atomic E-state index is 0.000370. The molecule has 1 fully saturated rings. The van der Waals surface area contributed by atoms with Crippen LogP contribution in [0.5, 0.6) is 0 Å². The van der Waals surface area contributed by atoms with Gasteiger partial charge in [0, 0.05) is 12.6 Å². The van der Waals surface area contributed by atoms with Gasteiger partial charge in [0.15, 0.2) is 9.84 Å². The van der Waals surface area contributed by atoms with E-state index in [1.165, 1.54) is 12.1 Å². The van der Waals surface area contributed by atoms with E-state index in [0.29, 0.717) is 12.8 Å². The molecular formula is C10H12ClN3O4S. The molecule has 1 saturated heterocycles. The first kappa shape index (κ1) is 14.0. The van der Waals surface area contributed by atoms with Gasteiger partial charge in [-0.2, -0.15) is 0 Å². The summed E-state index contributed by atoms with van der Waals surface area (Å²) in [6.07, 6.45) is 1.18. The molecule has 2 rings (SSSR count). The van der Waals surface area contributed by atoms with Crippen LogP contribution in [0.2, 0.25) is 5.15 Å². The molecule has 1 aromatic heterocycles. The highest BCUT2D eigenvalue weighted by atomic mass is 35.5. The standard InChI is InChI=1S/C10H12ClN3O4S/c11-9-4-3-8(14(15)16)10(13-9)12-6-7-2-1-5-19(7,17)18/h3-4,7H,1-2,5-6H2,(H,12,13). The smallest absolute Gasteiger partial charge is 0.311 e. The third kappa shape index (κ3) is 3.13. The van der Waals surface area contributed by atoms with Crippen LogP contribution in [-0.2, 0) is 9.84 Å². The molecule has 0 amide bonds. The van der Waals surface area contributed by atoms with Crippen molar-refractivity contribution in [3.63, 3.8) is 0 Å². The fraction of sp³-hybridized carbons (Fsp3) is 0.500. The number of hydrogen-bond acceptors (Lipinski definition) is 6. The van der Waals surface area contributed by atoms with Gasteiger partial charge in [-0.25, -0.2) is 13.4 Å². The summed E-state index contributed by atoms with van der Waals surface area (Å²) in [5, 5.41) is 13.1. The molecular weight excluding hydrogens is 294 g/mol. The summed E-state index contributed by atoms with van der Waals surface area (Å²) >= 11 is 5.68. The Balaban J connectivity index is 2.15. The molecule has 0 bridgehead atoms. The molecule has 1 aliphatic heterocycles. The lowest BCUT2D eigenvalue weighted by Crippen LogP contribution is -2.25. The number of nitrogens with zero attached hydrogens (tertiary/aromatic N) is 2. The minimum atomic E-state index is -3.09. The van der Waals surface area contributed by atoms with Crippen molar-refractivity contribution in [2.75, 3.05) is 17.6 Å². The first-order valence-electron chi connectivity index (χ1n) is 5.66. The first-order chi connectivity index (χ1) is 8.90. The number of nitro groups is 1. The van der Waals surface area contributed by atoms with Crippen LogP contribution < -0.4 is 5.32 Å². The van der Waals surface area contributed by atoms with E-state index in [0.717, 1.165) is 0 Å². The quantitative estimate of drug-likeness (QED) is 0.515. The van der Waals surface area contributed by atoms with Crippen molar-refractivity contribution in [1.82, 2.24) is 4.98 Å². The van der Waals surface area contributed by atoms with Gasteiger partial charge in [0.2, 0.25) is 5.82 Å². The molecule has 1 atom stereocenters. The summed E-state index contributed by atoms with van der Waals surface area (Å²) < 4.78 is 23.3. The van der Waals surface area contributed by atoms with E-state index in [-0.39, 0.29) is 29.0 Å². The number of sulfone groups is 1. The number of anilines is 1. The van der Waals surface area contributed by atoms with Gasteiger partial charge < -0.3 is 5.32 Å². The Morgan fingerprint density at radius 3 is 2.84 bits per heavy atom. The fourth-order valence-corrected chi connectivity index (χ4v) is 3.92. The van der Waals surface area contributed by atoms with E-state index >= 15 is 0 Å². The van der Waals surface area contributed by atoms with Crippen molar-refractivity contribution in [3.05, 3.63) is 27.4 Å². The van der Waals surface area contributed by atoms with Crippen molar-refractivity contribution in [2.45, 2.75) is 18.1 Å². The average molecular weight is 306 g/mol. The first-order valence-corrected chi connectivity index (χ1v) is 7.76. The lowest BCUT2D eigenvalue weighted by Gasteiger charge is -2.11. The SMILES string of the molecule is O=[N+]([O-])c1ccc(Cl)nc1NCC1CCCS1(=O)=O. The molecule has 1 N–H and O–H groups in total. The van der Waals surface area contributed by atoms with Gasteiger partial charge in [-0.3, -0.25) is 10.1 Å². The number of rotatable bonds is 4. The van der Waals surface area contributed by atoms with E-state index in [4.69, 9.17) is 11.6 Å². The Morgan fingerprint density at radius 2 is 2.26 bits per heavy atom. The summed E-state index contributed by atoms with van der Waals surface area (Å²) in [5.41, 5.74) is -0.222. The molecule has 0 aliphatic carbocycles. The molecule has 19 heavy (non-hydrogen) atoms. The van der Waals surface area contributed by atoms with E-state index in [1.54, 1.807) is 0 Å². The predicted molar refractivity (Wildman–Crippen MR) is 71.2 cm³/mol. The maximum absolute atomic E-state index is 11.6. The number of pyridine rings is 1. The molecule has 0 spiro atoms. The molecule has 104 valence electrons. The van der Waals surface area contributed by atoms with Crippen LogP contribution in [0.3, 0.4) is 0 Å². The van der Waals surface area contributed by atoms with Crippen molar-refractivity contribution in [3.8, 4) is 0 Å². The van der Waals surface area contributed by atoms with Crippen LogP contribution in [0.4, 0.5) is 11.5 Å². The zero-order chi connectivity index (χ0) is 14.0. The topological polar surface area (TPSA) is 102 Å². The van der Waals surface area contributed by atoms with Crippen LogP contribution in [0, 0.1) is 10.1 Å². The molecule has 1 unspecified atom stereocenters.